The van der Waals surface area contributed by atoms with E-state index in [-0.39, 0.29) is 0 Å². The lowest BCUT2D eigenvalue weighted by atomic mass is 10.2. The average Bonchev–Trinajstić information content (AvgIpc) is 2.46. The molecule has 0 bridgehead atoms. The van der Waals surface area contributed by atoms with Gasteiger partial charge in [0.2, 0.25) is 6.29 Å². The van der Waals surface area contributed by atoms with Crippen LogP contribution < -0.4 is 11.1 Å². The molecule has 1 aromatic rings. The summed E-state index contributed by atoms with van der Waals surface area (Å²) < 4.78 is 15.4. The third-order valence-corrected chi connectivity index (χ3v) is 2.40. The molecule has 112 valence electrons. The number of nitrogens with one attached hydrogen (secondary N) is 1. The molecule has 0 fully saturated rings. The van der Waals surface area contributed by atoms with E-state index in [1.165, 1.54) is 0 Å². The highest BCUT2D eigenvalue weighted by atomic mass is 16.7. The van der Waals surface area contributed by atoms with Gasteiger partial charge < -0.3 is 25.3 Å². The van der Waals surface area contributed by atoms with Crippen LogP contribution in [0, 0.1) is 0 Å². The van der Waals surface area contributed by atoms with Gasteiger partial charge in [-0.1, -0.05) is 30.3 Å². The van der Waals surface area contributed by atoms with Crippen molar-refractivity contribution in [2.24, 2.45) is 5.73 Å². The molecule has 3 N–H and O–H groups in total. The number of alkyl carbamates (subject to hydrolysis) is 1. The SMILES string of the molecule is CC(OCCOCCN)OC(=O)NCc1ccccc1. The van der Waals surface area contributed by atoms with Crippen molar-refractivity contribution in [3.63, 3.8) is 0 Å². The van der Waals surface area contributed by atoms with Gasteiger partial charge in [0.15, 0.2) is 0 Å². The fraction of sp³-hybridized carbons (Fsp3) is 0.500. The molecule has 1 atom stereocenters. The van der Waals surface area contributed by atoms with Crippen molar-refractivity contribution in [3.05, 3.63) is 35.9 Å². The average molecular weight is 282 g/mol. The van der Waals surface area contributed by atoms with Crippen LogP contribution >= 0.6 is 0 Å². The van der Waals surface area contributed by atoms with Crippen LogP contribution in [0.5, 0.6) is 0 Å². The van der Waals surface area contributed by atoms with E-state index >= 15 is 0 Å². The van der Waals surface area contributed by atoms with Crippen LogP contribution in [0.1, 0.15) is 12.5 Å². The summed E-state index contributed by atoms with van der Waals surface area (Å²) >= 11 is 0. The predicted octanol–water partition coefficient (Wildman–Crippen LogP) is 1.25. The molecule has 1 amide bonds. The van der Waals surface area contributed by atoms with Gasteiger partial charge in [-0.25, -0.2) is 4.79 Å². The van der Waals surface area contributed by atoms with E-state index in [0.29, 0.717) is 32.9 Å². The van der Waals surface area contributed by atoms with Crippen LogP contribution in [0.4, 0.5) is 4.79 Å². The van der Waals surface area contributed by atoms with Gasteiger partial charge in [0.25, 0.3) is 0 Å². The lowest BCUT2D eigenvalue weighted by molar-refractivity contribution is -0.103. The molecule has 0 aromatic heterocycles. The molecule has 0 aliphatic carbocycles. The second kappa shape index (κ2) is 10.2. The number of carbonyl (C=O) groups is 1. The molecule has 0 heterocycles. The summed E-state index contributed by atoms with van der Waals surface area (Å²) in [5.41, 5.74) is 6.28. The van der Waals surface area contributed by atoms with Gasteiger partial charge in [-0.05, 0) is 12.5 Å². The maximum absolute atomic E-state index is 11.5. The molecule has 0 saturated carbocycles. The summed E-state index contributed by atoms with van der Waals surface area (Å²) in [6.45, 7) is 3.84. The predicted molar refractivity (Wildman–Crippen MR) is 75.1 cm³/mol. The summed E-state index contributed by atoms with van der Waals surface area (Å²) in [5.74, 6) is 0. The highest BCUT2D eigenvalue weighted by Gasteiger charge is 2.08. The van der Waals surface area contributed by atoms with Crippen molar-refractivity contribution in [2.75, 3.05) is 26.4 Å². The fourth-order valence-corrected chi connectivity index (χ4v) is 1.45. The number of hydrogen-bond acceptors (Lipinski definition) is 5. The van der Waals surface area contributed by atoms with Crippen LogP contribution in [-0.2, 0) is 20.8 Å². The van der Waals surface area contributed by atoms with Crippen molar-refractivity contribution in [2.45, 2.75) is 19.8 Å². The molecular formula is C14H22N2O4. The monoisotopic (exact) mass is 282 g/mol. The Bertz CT molecular complexity index is 373. The van der Waals surface area contributed by atoms with Crippen molar-refractivity contribution in [1.82, 2.24) is 5.32 Å². The molecule has 1 unspecified atom stereocenters. The van der Waals surface area contributed by atoms with Gasteiger partial charge in [0.05, 0.1) is 19.8 Å². The zero-order valence-electron chi connectivity index (χ0n) is 11.7. The van der Waals surface area contributed by atoms with Crippen molar-refractivity contribution in [1.29, 1.82) is 0 Å². The summed E-state index contributed by atoms with van der Waals surface area (Å²) in [5, 5.41) is 2.65. The molecule has 1 aromatic carbocycles. The van der Waals surface area contributed by atoms with Crippen LogP contribution in [0.25, 0.3) is 0 Å². The quantitative estimate of drug-likeness (QED) is 0.526. The number of nitrogens with two attached hydrogens (primary N) is 1. The van der Waals surface area contributed by atoms with Crippen molar-refractivity contribution >= 4 is 6.09 Å². The normalized spacial score (nSPS) is 11.9. The Hall–Kier alpha value is -1.63. The number of amides is 1. The van der Waals surface area contributed by atoms with E-state index in [1.807, 2.05) is 30.3 Å². The first-order valence-corrected chi connectivity index (χ1v) is 6.60. The van der Waals surface area contributed by atoms with Crippen LogP contribution in [0.3, 0.4) is 0 Å². The summed E-state index contributed by atoms with van der Waals surface area (Å²) in [6, 6.07) is 9.60. The first-order valence-electron chi connectivity index (χ1n) is 6.60. The van der Waals surface area contributed by atoms with Crippen LogP contribution in [0.2, 0.25) is 0 Å². The maximum Gasteiger partial charge on any atom is 0.409 e. The van der Waals surface area contributed by atoms with Gasteiger partial charge in [0, 0.05) is 13.1 Å². The largest absolute Gasteiger partial charge is 0.420 e. The van der Waals surface area contributed by atoms with E-state index in [0.717, 1.165) is 5.56 Å². The molecule has 20 heavy (non-hydrogen) atoms. The zero-order chi connectivity index (χ0) is 14.6. The Labute approximate surface area is 119 Å². The molecule has 6 nitrogen and oxygen atoms in total. The van der Waals surface area contributed by atoms with E-state index in [1.54, 1.807) is 6.92 Å². The minimum Gasteiger partial charge on any atom is -0.420 e. The standard InChI is InChI=1S/C14H22N2O4/c1-12(19-10-9-18-8-7-15)20-14(17)16-11-13-5-3-2-4-6-13/h2-6,12H,7-11,15H2,1H3,(H,16,17). The van der Waals surface area contributed by atoms with E-state index in [2.05, 4.69) is 5.32 Å². The second-order valence-electron chi connectivity index (χ2n) is 4.08. The fourth-order valence-electron chi connectivity index (χ4n) is 1.45. The Kier molecular flexibility index (Phi) is 8.37. The summed E-state index contributed by atoms with van der Waals surface area (Å²) in [6.07, 6.45) is -1.13. The summed E-state index contributed by atoms with van der Waals surface area (Å²) in [7, 11) is 0. The lowest BCUT2D eigenvalue weighted by Gasteiger charge is -2.14. The number of carbonyl (C=O) groups excluding carboxylic acids is 1. The highest BCUT2D eigenvalue weighted by molar-refractivity contribution is 5.67. The Balaban J connectivity index is 2.09. The van der Waals surface area contributed by atoms with E-state index in [4.69, 9.17) is 19.9 Å². The molecule has 0 radical (unpaired) electrons. The number of benzene rings is 1. The lowest BCUT2D eigenvalue weighted by Crippen LogP contribution is -2.29. The molecule has 0 saturated heterocycles. The second-order valence-corrected chi connectivity index (χ2v) is 4.08. The van der Waals surface area contributed by atoms with Crippen molar-refractivity contribution < 1.29 is 19.0 Å². The Morgan fingerprint density at radius 1 is 1.25 bits per heavy atom. The van der Waals surface area contributed by atoms with Gasteiger partial charge >= 0.3 is 6.09 Å². The van der Waals surface area contributed by atoms with Crippen molar-refractivity contribution in [3.8, 4) is 0 Å². The third kappa shape index (κ3) is 7.73. The van der Waals surface area contributed by atoms with Gasteiger partial charge in [0.1, 0.15) is 0 Å². The van der Waals surface area contributed by atoms with E-state index in [9.17, 15) is 4.79 Å². The maximum atomic E-state index is 11.5. The number of ether oxygens (including phenoxy) is 3. The zero-order valence-corrected chi connectivity index (χ0v) is 11.7. The van der Waals surface area contributed by atoms with Gasteiger partial charge in [-0.3, -0.25) is 0 Å². The Morgan fingerprint density at radius 3 is 2.70 bits per heavy atom. The molecule has 1 rings (SSSR count). The third-order valence-electron chi connectivity index (χ3n) is 2.40. The first-order chi connectivity index (χ1) is 9.72. The summed E-state index contributed by atoms with van der Waals surface area (Å²) in [4.78, 5) is 11.5. The van der Waals surface area contributed by atoms with Gasteiger partial charge in [-0.15, -0.1) is 0 Å². The van der Waals surface area contributed by atoms with Crippen LogP contribution in [0.15, 0.2) is 30.3 Å². The molecule has 0 aliphatic rings. The molecule has 6 heteroatoms. The minimum atomic E-state index is -0.618. The number of rotatable bonds is 9. The Morgan fingerprint density at radius 2 is 2.00 bits per heavy atom. The minimum absolute atomic E-state index is 0.354. The topological polar surface area (TPSA) is 82.8 Å². The van der Waals surface area contributed by atoms with Crippen LogP contribution in [-0.4, -0.2) is 38.7 Å². The van der Waals surface area contributed by atoms with Gasteiger partial charge in [-0.2, -0.15) is 0 Å². The molecule has 0 aliphatic heterocycles. The molecular weight excluding hydrogens is 260 g/mol. The highest BCUT2D eigenvalue weighted by Crippen LogP contribution is 1.99. The first kappa shape index (κ1) is 16.4. The number of hydrogen-bond donors (Lipinski definition) is 2. The molecule has 0 spiro atoms. The smallest absolute Gasteiger partial charge is 0.409 e. The van der Waals surface area contributed by atoms with E-state index < -0.39 is 12.4 Å².